The van der Waals surface area contributed by atoms with E-state index in [1.807, 2.05) is 0 Å². The molecule has 2 aliphatic rings. The van der Waals surface area contributed by atoms with E-state index in [0.717, 1.165) is 19.6 Å². The summed E-state index contributed by atoms with van der Waals surface area (Å²) in [5.74, 6) is 0. The van der Waals surface area contributed by atoms with Crippen LogP contribution in [-0.2, 0) is 4.74 Å². The monoisotopic (exact) mass is 256 g/mol. The van der Waals surface area contributed by atoms with Crippen LogP contribution in [0.4, 0.5) is 0 Å². The van der Waals surface area contributed by atoms with Gasteiger partial charge in [0.25, 0.3) is 0 Å². The molecule has 0 aromatic carbocycles. The smallest absolute Gasteiger partial charge is 0.0870 e. The van der Waals surface area contributed by atoms with Gasteiger partial charge in [0.1, 0.15) is 0 Å². The summed E-state index contributed by atoms with van der Waals surface area (Å²) in [6, 6.07) is 0. The van der Waals surface area contributed by atoms with Crippen molar-refractivity contribution in [2.24, 2.45) is 5.73 Å². The number of rotatable bonds is 5. The summed E-state index contributed by atoms with van der Waals surface area (Å²) >= 11 is 4.98. The molecule has 1 heterocycles. The van der Waals surface area contributed by atoms with Gasteiger partial charge in [-0.2, -0.15) is 0 Å². The van der Waals surface area contributed by atoms with Crippen LogP contribution in [0.2, 0.25) is 0 Å². The molecule has 1 saturated heterocycles. The Morgan fingerprint density at radius 2 is 2.12 bits per heavy atom. The molecule has 1 aliphatic carbocycles. The van der Waals surface area contributed by atoms with Gasteiger partial charge < -0.3 is 10.5 Å². The van der Waals surface area contributed by atoms with Gasteiger partial charge in [0, 0.05) is 13.1 Å². The molecule has 0 aromatic rings. The first-order chi connectivity index (χ1) is 8.13. The van der Waals surface area contributed by atoms with Crippen molar-refractivity contribution >= 4 is 17.2 Å². The predicted octanol–water partition coefficient (Wildman–Crippen LogP) is 2.09. The fraction of sp³-hybridized carbons (Fsp3) is 0.923. The van der Waals surface area contributed by atoms with Crippen molar-refractivity contribution in [1.82, 2.24) is 4.90 Å². The summed E-state index contributed by atoms with van der Waals surface area (Å²) in [6.45, 7) is 4.84. The van der Waals surface area contributed by atoms with Crippen LogP contribution in [0.15, 0.2) is 0 Å². The summed E-state index contributed by atoms with van der Waals surface area (Å²) < 4.78 is 6.30. The van der Waals surface area contributed by atoms with E-state index in [2.05, 4.69) is 11.8 Å². The zero-order chi connectivity index (χ0) is 12.3. The molecule has 0 amide bonds. The number of nitrogens with two attached hydrogens (primary N) is 1. The summed E-state index contributed by atoms with van der Waals surface area (Å²) in [6.07, 6.45) is 8.07. The average molecular weight is 256 g/mol. The quantitative estimate of drug-likeness (QED) is 0.764. The number of thiocarbonyl (C=S) groups is 1. The van der Waals surface area contributed by atoms with Crippen molar-refractivity contribution in [2.45, 2.75) is 57.2 Å². The number of hydrogen-bond donors (Lipinski definition) is 1. The Bertz CT molecular complexity index is 277. The number of ether oxygens (including phenoxy) is 1. The maximum Gasteiger partial charge on any atom is 0.0870 e. The Kier molecular flexibility index (Phi) is 4.39. The molecule has 2 fully saturated rings. The maximum absolute atomic E-state index is 6.30. The van der Waals surface area contributed by atoms with Gasteiger partial charge in [-0.1, -0.05) is 32.0 Å². The molecule has 0 bridgehead atoms. The van der Waals surface area contributed by atoms with E-state index in [9.17, 15) is 0 Å². The third kappa shape index (κ3) is 3.39. The van der Waals surface area contributed by atoms with Crippen molar-refractivity contribution in [2.75, 3.05) is 19.6 Å². The number of nitrogens with zero attached hydrogens (tertiary/aromatic N) is 1. The molecular formula is C13H24N2OS. The van der Waals surface area contributed by atoms with E-state index in [0.29, 0.717) is 11.1 Å². The summed E-state index contributed by atoms with van der Waals surface area (Å²) in [5, 5.41) is 0. The Morgan fingerprint density at radius 1 is 1.41 bits per heavy atom. The number of hydrogen-bond acceptors (Lipinski definition) is 3. The normalized spacial score (nSPS) is 27.1. The molecule has 1 aliphatic heterocycles. The van der Waals surface area contributed by atoms with E-state index in [-0.39, 0.29) is 5.60 Å². The number of likely N-dealkylation sites (N-methyl/N-ethyl adjacent to an activating group) is 1. The molecule has 2 rings (SSSR count). The Labute approximate surface area is 110 Å². The third-order valence-corrected chi connectivity index (χ3v) is 4.27. The molecule has 17 heavy (non-hydrogen) atoms. The van der Waals surface area contributed by atoms with Crippen LogP contribution in [0.25, 0.3) is 0 Å². The third-order valence-electron chi connectivity index (χ3n) is 4.14. The minimum absolute atomic E-state index is 0.243. The van der Waals surface area contributed by atoms with E-state index in [4.69, 9.17) is 22.7 Å². The maximum atomic E-state index is 6.30. The van der Waals surface area contributed by atoms with E-state index >= 15 is 0 Å². The van der Waals surface area contributed by atoms with E-state index < -0.39 is 0 Å². The van der Waals surface area contributed by atoms with Crippen molar-refractivity contribution in [3.63, 3.8) is 0 Å². The van der Waals surface area contributed by atoms with Crippen molar-refractivity contribution in [3.8, 4) is 0 Å². The SMILES string of the molecule is CCN(CC(N)=S)CC1CCC2(CCCC2)O1. The molecule has 1 saturated carbocycles. The van der Waals surface area contributed by atoms with Crippen LogP contribution in [0, 0.1) is 0 Å². The van der Waals surface area contributed by atoms with Gasteiger partial charge in [-0.25, -0.2) is 0 Å². The second kappa shape index (κ2) is 5.63. The zero-order valence-corrected chi connectivity index (χ0v) is 11.6. The van der Waals surface area contributed by atoms with Gasteiger partial charge in [-0.05, 0) is 32.2 Å². The van der Waals surface area contributed by atoms with Gasteiger partial charge in [0.2, 0.25) is 0 Å². The molecule has 98 valence electrons. The molecule has 3 nitrogen and oxygen atoms in total. The lowest BCUT2D eigenvalue weighted by molar-refractivity contribution is -0.0455. The molecular weight excluding hydrogens is 232 g/mol. The van der Waals surface area contributed by atoms with Crippen LogP contribution >= 0.6 is 12.2 Å². The highest BCUT2D eigenvalue weighted by atomic mass is 32.1. The first kappa shape index (κ1) is 13.2. The molecule has 2 N–H and O–H groups in total. The van der Waals surface area contributed by atoms with E-state index in [1.54, 1.807) is 0 Å². The van der Waals surface area contributed by atoms with Crippen LogP contribution < -0.4 is 5.73 Å². The zero-order valence-electron chi connectivity index (χ0n) is 10.8. The minimum atomic E-state index is 0.243. The van der Waals surface area contributed by atoms with Gasteiger partial charge in [-0.3, -0.25) is 4.90 Å². The molecule has 1 atom stereocenters. The highest BCUT2D eigenvalue weighted by Gasteiger charge is 2.42. The highest BCUT2D eigenvalue weighted by molar-refractivity contribution is 7.80. The van der Waals surface area contributed by atoms with Gasteiger partial charge in [0.15, 0.2) is 0 Å². The van der Waals surface area contributed by atoms with Crippen molar-refractivity contribution < 1.29 is 4.74 Å². The van der Waals surface area contributed by atoms with Crippen LogP contribution in [0.3, 0.4) is 0 Å². The Hall–Kier alpha value is -0.190. The van der Waals surface area contributed by atoms with Crippen LogP contribution in [0.5, 0.6) is 0 Å². The summed E-state index contributed by atoms with van der Waals surface area (Å²) in [7, 11) is 0. The summed E-state index contributed by atoms with van der Waals surface area (Å²) in [4.78, 5) is 2.88. The van der Waals surface area contributed by atoms with Crippen molar-refractivity contribution in [3.05, 3.63) is 0 Å². The van der Waals surface area contributed by atoms with Crippen LogP contribution in [0.1, 0.15) is 45.4 Å². The molecule has 0 aromatic heterocycles. The first-order valence-electron chi connectivity index (χ1n) is 6.82. The lowest BCUT2D eigenvalue weighted by Crippen LogP contribution is -2.39. The second-order valence-corrected chi connectivity index (χ2v) is 5.99. The first-order valence-corrected chi connectivity index (χ1v) is 7.23. The lowest BCUT2D eigenvalue weighted by Gasteiger charge is -2.27. The topological polar surface area (TPSA) is 38.5 Å². The lowest BCUT2D eigenvalue weighted by atomic mass is 9.98. The standard InChI is InChI=1S/C13H24N2OS/c1-2-15(10-12(14)17)9-11-5-8-13(16-11)6-3-4-7-13/h11H,2-10H2,1H3,(H2,14,17). The van der Waals surface area contributed by atoms with Gasteiger partial charge in [-0.15, -0.1) is 0 Å². The molecule has 4 heteroatoms. The predicted molar refractivity (Wildman–Crippen MR) is 74.2 cm³/mol. The molecule has 1 unspecified atom stereocenters. The minimum Gasteiger partial charge on any atom is -0.392 e. The van der Waals surface area contributed by atoms with Crippen LogP contribution in [-0.4, -0.2) is 41.2 Å². The second-order valence-electron chi connectivity index (χ2n) is 5.46. The molecule has 1 spiro atoms. The largest absolute Gasteiger partial charge is 0.392 e. The van der Waals surface area contributed by atoms with Gasteiger partial charge in [0.05, 0.1) is 16.7 Å². The average Bonchev–Trinajstić information content (AvgIpc) is 2.89. The Morgan fingerprint density at radius 3 is 2.71 bits per heavy atom. The van der Waals surface area contributed by atoms with E-state index in [1.165, 1.54) is 38.5 Å². The summed E-state index contributed by atoms with van der Waals surface area (Å²) in [5.41, 5.74) is 5.85. The fourth-order valence-corrected chi connectivity index (χ4v) is 3.41. The fourth-order valence-electron chi connectivity index (χ4n) is 3.23. The van der Waals surface area contributed by atoms with Crippen molar-refractivity contribution in [1.29, 1.82) is 0 Å². The molecule has 0 radical (unpaired) electrons. The Balaban J connectivity index is 1.81. The van der Waals surface area contributed by atoms with Gasteiger partial charge >= 0.3 is 0 Å². The highest BCUT2D eigenvalue weighted by Crippen LogP contribution is 2.43.